The molecule has 1 aliphatic rings. The van der Waals surface area contributed by atoms with Gasteiger partial charge in [0.25, 0.3) is 10.1 Å². The zero-order valence-electron chi connectivity index (χ0n) is 19.9. The third-order valence-corrected chi connectivity index (χ3v) is 7.06. The number of fused-ring (bicyclic) bond motifs is 1. The van der Waals surface area contributed by atoms with Gasteiger partial charge in [-0.3, -0.25) is 4.55 Å². The number of hydrogen-bond donors (Lipinski definition) is 1. The van der Waals surface area contributed by atoms with Gasteiger partial charge in [0.15, 0.2) is 0 Å². The fraction of sp³-hybridized carbons (Fsp3) is 0.760. The molecule has 0 saturated heterocycles. The summed E-state index contributed by atoms with van der Waals surface area (Å²) in [5.41, 5.74) is 1.08. The molecule has 2 unspecified atom stereocenters. The summed E-state index contributed by atoms with van der Waals surface area (Å²) in [7, 11) is -3.88. The Morgan fingerprint density at radius 3 is 2.55 bits per heavy atom. The van der Waals surface area contributed by atoms with E-state index >= 15 is 0 Å². The number of unbranched alkanes of at least 4 members (excludes halogenated alkanes) is 1. The van der Waals surface area contributed by atoms with Crippen LogP contribution in [0.15, 0.2) is 18.2 Å². The van der Waals surface area contributed by atoms with Gasteiger partial charge in [-0.05, 0) is 81.0 Å². The number of benzene rings is 1. The van der Waals surface area contributed by atoms with E-state index in [0.717, 1.165) is 42.6 Å². The minimum absolute atomic E-state index is 0.0944. The number of hydrogen-bond acceptors (Lipinski definition) is 4. The van der Waals surface area contributed by atoms with Gasteiger partial charge in [-0.1, -0.05) is 46.5 Å². The van der Waals surface area contributed by atoms with Crippen molar-refractivity contribution >= 4 is 10.1 Å². The first-order valence-electron chi connectivity index (χ1n) is 12.0. The minimum atomic E-state index is -3.88. The first-order valence-corrected chi connectivity index (χ1v) is 13.6. The Morgan fingerprint density at radius 1 is 1.10 bits per heavy atom. The van der Waals surface area contributed by atoms with Crippen molar-refractivity contribution in [1.82, 2.24) is 0 Å². The lowest BCUT2D eigenvalue weighted by molar-refractivity contribution is 0.0523. The molecule has 5 nitrogen and oxygen atoms in total. The normalized spacial score (nSPS) is 19.7. The van der Waals surface area contributed by atoms with E-state index in [0.29, 0.717) is 19.4 Å². The van der Waals surface area contributed by atoms with Gasteiger partial charge in [0.1, 0.15) is 17.1 Å². The van der Waals surface area contributed by atoms with E-state index in [9.17, 15) is 8.42 Å². The Morgan fingerprint density at radius 2 is 1.84 bits per heavy atom. The van der Waals surface area contributed by atoms with Crippen LogP contribution in [0.3, 0.4) is 0 Å². The highest BCUT2D eigenvalue weighted by Gasteiger charge is 2.31. The smallest absolute Gasteiger partial charge is 0.264 e. The Bertz CT molecular complexity index is 774. The van der Waals surface area contributed by atoms with Crippen molar-refractivity contribution < 1.29 is 22.4 Å². The van der Waals surface area contributed by atoms with Crippen LogP contribution in [0.4, 0.5) is 0 Å². The summed E-state index contributed by atoms with van der Waals surface area (Å²) < 4.78 is 42.4. The zero-order valence-corrected chi connectivity index (χ0v) is 20.7. The van der Waals surface area contributed by atoms with Crippen molar-refractivity contribution in [1.29, 1.82) is 0 Å². The molecule has 31 heavy (non-hydrogen) atoms. The Hall–Kier alpha value is -1.27. The SMILES string of the molecule is CC(C)CCCC(C)CCCC1(C)CCc2cc(OCCCCS(=O)(=O)O)ccc2O1. The second kappa shape index (κ2) is 12.1. The molecule has 0 aliphatic carbocycles. The van der Waals surface area contributed by atoms with E-state index in [1.165, 1.54) is 37.7 Å². The van der Waals surface area contributed by atoms with Crippen LogP contribution >= 0.6 is 0 Å². The van der Waals surface area contributed by atoms with Gasteiger partial charge in [-0.25, -0.2) is 0 Å². The maximum atomic E-state index is 10.7. The van der Waals surface area contributed by atoms with Gasteiger partial charge in [0.05, 0.1) is 12.4 Å². The first kappa shape index (κ1) is 26.0. The van der Waals surface area contributed by atoms with Crippen molar-refractivity contribution in [2.45, 2.75) is 97.5 Å². The highest BCUT2D eigenvalue weighted by atomic mass is 32.2. The lowest BCUT2D eigenvalue weighted by atomic mass is 9.86. The van der Waals surface area contributed by atoms with Crippen LogP contribution in [0.2, 0.25) is 0 Å². The van der Waals surface area contributed by atoms with Crippen LogP contribution in [0, 0.1) is 11.8 Å². The molecular weight excluding hydrogens is 412 g/mol. The van der Waals surface area contributed by atoms with Gasteiger partial charge in [-0.2, -0.15) is 8.42 Å². The Labute approximate surface area is 189 Å². The van der Waals surface area contributed by atoms with Crippen molar-refractivity contribution in [3.8, 4) is 11.5 Å². The maximum Gasteiger partial charge on any atom is 0.264 e. The van der Waals surface area contributed by atoms with Crippen molar-refractivity contribution in [3.05, 3.63) is 23.8 Å². The average Bonchev–Trinajstić information content (AvgIpc) is 2.66. The fourth-order valence-electron chi connectivity index (χ4n) is 4.25. The molecular formula is C25H42O5S. The molecule has 1 aromatic rings. The molecule has 1 aromatic carbocycles. The number of aryl methyl sites for hydroxylation is 1. The molecule has 0 radical (unpaired) electrons. The van der Waals surface area contributed by atoms with Crippen molar-refractivity contribution in [3.63, 3.8) is 0 Å². The van der Waals surface area contributed by atoms with Crippen LogP contribution in [0.25, 0.3) is 0 Å². The number of ether oxygens (including phenoxy) is 2. The summed E-state index contributed by atoms with van der Waals surface area (Å²) in [6, 6.07) is 5.95. The van der Waals surface area contributed by atoms with Gasteiger partial charge < -0.3 is 9.47 Å². The second-order valence-electron chi connectivity index (χ2n) is 9.99. The summed E-state index contributed by atoms with van der Waals surface area (Å²) in [6.45, 7) is 9.64. The van der Waals surface area contributed by atoms with Gasteiger partial charge in [0.2, 0.25) is 0 Å². The fourth-order valence-corrected chi connectivity index (χ4v) is 4.82. The second-order valence-corrected chi connectivity index (χ2v) is 11.6. The minimum Gasteiger partial charge on any atom is -0.494 e. The van der Waals surface area contributed by atoms with Crippen LogP contribution in [-0.2, 0) is 16.5 Å². The van der Waals surface area contributed by atoms with E-state index in [2.05, 4.69) is 27.7 Å². The van der Waals surface area contributed by atoms with Crippen LogP contribution in [0.1, 0.15) is 91.0 Å². The molecule has 0 spiro atoms. The molecule has 1 N–H and O–H groups in total. The molecule has 2 atom stereocenters. The summed E-state index contributed by atoms with van der Waals surface area (Å²) in [4.78, 5) is 0. The number of rotatable bonds is 14. The van der Waals surface area contributed by atoms with Crippen LogP contribution in [0.5, 0.6) is 11.5 Å². The predicted molar refractivity (Wildman–Crippen MR) is 127 cm³/mol. The van der Waals surface area contributed by atoms with Crippen molar-refractivity contribution in [2.24, 2.45) is 11.8 Å². The molecule has 6 heteroatoms. The summed E-state index contributed by atoms with van der Waals surface area (Å²) in [5.74, 6) is 3.11. The molecule has 0 amide bonds. The zero-order chi connectivity index (χ0) is 22.9. The Balaban J connectivity index is 1.73. The Kier molecular flexibility index (Phi) is 10.1. The average molecular weight is 455 g/mol. The van der Waals surface area contributed by atoms with E-state index in [1.54, 1.807) is 0 Å². The van der Waals surface area contributed by atoms with E-state index < -0.39 is 10.1 Å². The summed E-state index contributed by atoms with van der Waals surface area (Å²) >= 11 is 0. The molecule has 0 aromatic heterocycles. The van der Waals surface area contributed by atoms with Gasteiger partial charge in [0, 0.05) is 0 Å². The molecule has 1 heterocycles. The van der Waals surface area contributed by atoms with Crippen LogP contribution < -0.4 is 9.47 Å². The third-order valence-electron chi connectivity index (χ3n) is 6.26. The van der Waals surface area contributed by atoms with Gasteiger partial charge in [-0.15, -0.1) is 0 Å². The highest BCUT2D eigenvalue weighted by molar-refractivity contribution is 7.85. The van der Waals surface area contributed by atoms with Crippen molar-refractivity contribution in [2.75, 3.05) is 12.4 Å². The van der Waals surface area contributed by atoms with Crippen LogP contribution in [-0.4, -0.2) is 30.9 Å². The maximum absolute atomic E-state index is 10.7. The highest BCUT2D eigenvalue weighted by Crippen LogP contribution is 2.38. The van der Waals surface area contributed by atoms with E-state index in [4.69, 9.17) is 14.0 Å². The topological polar surface area (TPSA) is 72.8 Å². The molecule has 2 rings (SSSR count). The molecule has 1 aliphatic heterocycles. The standard InChI is InChI=1S/C25H42O5S/c1-20(2)9-7-10-21(3)11-8-15-25(4)16-14-22-19-23(12-13-24(22)30-25)29-17-5-6-18-31(26,27)28/h12-13,19-21H,5-11,14-18H2,1-4H3,(H,26,27,28). The summed E-state index contributed by atoms with van der Waals surface area (Å²) in [6.07, 6.45) is 10.5. The molecule has 0 fully saturated rings. The summed E-state index contributed by atoms with van der Waals surface area (Å²) in [5, 5.41) is 0. The quantitative estimate of drug-likeness (QED) is 0.258. The monoisotopic (exact) mass is 454 g/mol. The van der Waals surface area contributed by atoms with E-state index in [-0.39, 0.29) is 11.4 Å². The lowest BCUT2D eigenvalue weighted by Gasteiger charge is -2.36. The van der Waals surface area contributed by atoms with Gasteiger partial charge >= 0.3 is 0 Å². The largest absolute Gasteiger partial charge is 0.494 e. The molecule has 0 saturated carbocycles. The lowest BCUT2D eigenvalue weighted by Crippen LogP contribution is -2.36. The third kappa shape index (κ3) is 10.3. The molecule has 0 bridgehead atoms. The van der Waals surface area contributed by atoms with E-state index in [1.807, 2.05) is 18.2 Å². The first-order chi connectivity index (χ1) is 14.6. The predicted octanol–water partition coefficient (Wildman–Crippen LogP) is 6.45. The molecule has 178 valence electrons.